The number of benzene rings is 1. The van der Waals surface area contributed by atoms with E-state index >= 15 is 0 Å². The SMILES string of the molecule is CC(Sc1ccc(N)c(F)c1)C(=O)N1CCCCC1. The minimum Gasteiger partial charge on any atom is -0.396 e. The van der Waals surface area contributed by atoms with Gasteiger partial charge in [-0.2, -0.15) is 0 Å². The normalized spacial score (nSPS) is 17.3. The first kappa shape index (κ1) is 14.2. The zero-order chi connectivity index (χ0) is 13.8. The summed E-state index contributed by atoms with van der Waals surface area (Å²) in [6, 6.07) is 4.68. The van der Waals surface area contributed by atoms with Gasteiger partial charge in [0.05, 0.1) is 10.9 Å². The van der Waals surface area contributed by atoms with Crippen LogP contribution >= 0.6 is 11.8 Å². The van der Waals surface area contributed by atoms with E-state index in [-0.39, 0.29) is 16.8 Å². The molecule has 3 nitrogen and oxygen atoms in total. The summed E-state index contributed by atoms with van der Waals surface area (Å²) in [6.45, 7) is 3.57. The number of carbonyl (C=O) groups excluding carboxylic acids is 1. The van der Waals surface area contributed by atoms with Gasteiger partial charge in [0.25, 0.3) is 0 Å². The van der Waals surface area contributed by atoms with Gasteiger partial charge >= 0.3 is 0 Å². The Balaban J connectivity index is 1.97. The molecule has 0 saturated carbocycles. The van der Waals surface area contributed by atoms with Crippen LogP contribution in [-0.2, 0) is 4.79 Å². The van der Waals surface area contributed by atoms with Crippen LogP contribution in [0.25, 0.3) is 0 Å². The van der Waals surface area contributed by atoms with Gasteiger partial charge in [0.15, 0.2) is 0 Å². The van der Waals surface area contributed by atoms with E-state index in [0.717, 1.165) is 30.8 Å². The summed E-state index contributed by atoms with van der Waals surface area (Å²) in [5.41, 5.74) is 5.58. The van der Waals surface area contributed by atoms with E-state index in [9.17, 15) is 9.18 Å². The van der Waals surface area contributed by atoms with E-state index in [1.54, 1.807) is 6.07 Å². The number of halogens is 1. The molecular formula is C14H19FN2OS. The number of nitrogen functional groups attached to an aromatic ring is 1. The van der Waals surface area contributed by atoms with Gasteiger partial charge in [-0.05, 0) is 44.4 Å². The van der Waals surface area contributed by atoms with Crippen molar-refractivity contribution >= 4 is 23.4 Å². The second kappa shape index (κ2) is 6.28. The summed E-state index contributed by atoms with van der Waals surface area (Å²) < 4.78 is 13.4. The minimum absolute atomic E-state index is 0.138. The van der Waals surface area contributed by atoms with Crippen LogP contribution in [0.4, 0.5) is 10.1 Å². The number of nitrogens with zero attached hydrogens (tertiary/aromatic N) is 1. The molecule has 1 aliphatic rings. The maximum absolute atomic E-state index is 13.4. The predicted molar refractivity (Wildman–Crippen MR) is 76.6 cm³/mol. The molecule has 0 aliphatic carbocycles. The highest BCUT2D eigenvalue weighted by atomic mass is 32.2. The number of carbonyl (C=O) groups is 1. The van der Waals surface area contributed by atoms with E-state index in [1.807, 2.05) is 11.8 Å². The second-order valence-electron chi connectivity index (χ2n) is 4.83. The molecule has 2 rings (SSSR count). The predicted octanol–water partition coefficient (Wildman–Crippen LogP) is 2.90. The first-order valence-corrected chi connectivity index (χ1v) is 7.46. The molecule has 0 bridgehead atoms. The highest BCUT2D eigenvalue weighted by Gasteiger charge is 2.22. The zero-order valence-electron chi connectivity index (χ0n) is 11.1. The summed E-state index contributed by atoms with van der Waals surface area (Å²) in [5.74, 6) is -0.287. The van der Waals surface area contributed by atoms with Gasteiger partial charge in [-0.3, -0.25) is 4.79 Å². The van der Waals surface area contributed by atoms with Crippen molar-refractivity contribution in [1.82, 2.24) is 4.90 Å². The van der Waals surface area contributed by atoms with E-state index in [1.165, 1.54) is 30.3 Å². The third-order valence-electron chi connectivity index (χ3n) is 3.30. The monoisotopic (exact) mass is 282 g/mol. The molecule has 0 aromatic heterocycles. The number of hydrogen-bond acceptors (Lipinski definition) is 3. The largest absolute Gasteiger partial charge is 0.396 e. The molecule has 0 spiro atoms. The average molecular weight is 282 g/mol. The molecule has 1 heterocycles. The molecule has 19 heavy (non-hydrogen) atoms. The van der Waals surface area contributed by atoms with Crippen LogP contribution in [0.15, 0.2) is 23.1 Å². The topological polar surface area (TPSA) is 46.3 Å². The van der Waals surface area contributed by atoms with Crippen LogP contribution < -0.4 is 5.73 Å². The maximum atomic E-state index is 13.4. The standard InChI is InChI=1S/C14H19FN2OS/c1-10(14(18)17-7-3-2-4-8-17)19-11-5-6-13(16)12(15)9-11/h5-6,9-10H,2-4,7-8,16H2,1H3. The van der Waals surface area contributed by atoms with Crippen LogP contribution in [0.5, 0.6) is 0 Å². The van der Waals surface area contributed by atoms with Crippen molar-refractivity contribution in [2.24, 2.45) is 0 Å². The average Bonchev–Trinajstić information content (AvgIpc) is 2.43. The van der Waals surface area contributed by atoms with Gasteiger partial charge in [-0.15, -0.1) is 11.8 Å². The van der Waals surface area contributed by atoms with Crippen molar-refractivity contribution in [3.05, 3.63) is 24.0 Å². The van der Waals surface area contributed by atoms with Crippen LogP contribution in [0.1, 0.15) is 26.2 Å². The van der Waals surface area contributed by atoms with E-state index in [0.29, 0.717) is 0 Å². The van der Waals surface area contributed by atoms with Gasteiger partial charge in [0, 0.05) is 18.0 Å². The number of rotatable bonds is 3. The lowest BCUT2D eigenvalue weighted by Crippen LogP contribution is -2.40. The molecule has 104 valence electrons. The van der Waals surface area contributed by atoms with Crippen molar-refractivity contribution < 1.29 is 9.18 Å². The number of piperidine rings is 1. The Hall–Kier alpha value is -1.23. The quantitative estimate of drug-likeness (QED) is 0.685. The summed E-state index contributed by atoms with van der Waals surface area (Å²) in [6.07, 6.45) is 3.37. The third-order valence-corrected chi connectivity index (χ3v) is 4.38. The Bertz CT molecular complexity index is 461. The molecule has 2 N–H and O–H groups in total. The fourth-order valence-electron chi connectivity index (χ4n) is 2.21. The fraction of sp³-hybridized carbons (Fsp3) is 0.500. The fourth-order valence-corrected chi connectivity index (χ4v) is 3.18. The van der Waals surface area contributed by atoms with Crippen LogP contribution in [0.3, 0.4) is 0 Å². The lowest BCUT2D eigenvalue weighted by Gasteiger charge is -2.29. The van der Waals surface area contributed by atoms with Crippen molar-refractivity contribution in [3.8, 4) is 0 Å². The van der Waals surface area contributed by atoms with Gasteiger partial charge in [0.1, 0.15) is 5.82 Å². The molecule has 1 aliphatic heterocycles. The first-order valence-electron chi connectivity index (χ1n) is 6.58. The molecule has 1 unspecified atom stereocenters. The van der Waals surface area contributed by atoms with Crippen molar-refractivity contribution in [2.75, 3.05) is 18.8 Å². The number of likely N-dealkylation sites (tertiary alicyclic amines) is 1. The number of anilines is 1. The maximum Gasteiger partial charge on any atom is 0.235 e. The molecule has 1 atom stereocenters. The molecule has 5 heteroatoms. The second-order valence-corrected chi connectivity index (χ2v) is 6.24. The molecular weight excluding hydrogens is 263 g/mol. The molecule has 1 amide bonds. The summed E-state index contributed by atoms with van der Waals surface area (Å²) in [4.78, 5) is 14.9. The highest BCUT2D eigenvalue weighted by Crippen LogP contribution is 2.27. The van der Waals surface area contributed by atoms with Crippen LogP contribution in [0.2, 0.25) is 0 Å². The summed E-state index contributed by atoms with van der Waals surface area (Å²) in [5, 5.41) is -0.193. The third kappa shape index (κ3) is 3.62. The van der Waals surface area contributed by atoms with Gasteiger partial charge in [-0.25, -0.2) is 4.39 Å². The molecule has 1 aromatic rings. The number of thioether (sulfide) groups is 1. The number of nitrogens with two attached hydrogens (primary N) is 1. The van der Waals surface area contributed by atoms with Crippen molar-refractivity contribution in [2.45, 2.75) is 36.3 Å². The van der Waals surface area contributed by atoms with E-state index < -0.39 is 5.82 Å². The lowest BCUT2D eigenvalue weighted by molar-refractivity contribution is -0.131. The van der Waals surface area contributed by atoms with Gasteiger partial charge in [-0.1, -0.05) is 0 Å². The molecule has 1 saturated heterocycles. The van der Waals surface area contributed by atoms with E-state index in [4.69, 9.17) is 5.73 Å². The molecule has 0 radical (unpaired) electrons. The Morgan fingerprint density at radius 3 is 2.68 bits per heavy atom. The minimum atomic E-state index is -0.428. The molecule has 1 aromatic carbocycles. The lowest BCUT2D eigenvalue weighted by atomic mass is 10.1. The Kier molecular flexibility index (Phi) is 4.69. The first-order chi connectivity index (χ1) is 9.08. The van der Waals surface area contributed by atoms with E-state index in [2.05, 4.69) is 0 Å². The summed E-state index contributed by atoms with van der Waals surface area (Å²) in [7, 11) is 0. The Labute approximate surface area is 117 Å². The number of hydrogen-bond donors (Lipinski definition) is 1. The zero-order valence-corrected chi connectivity index (χ0v) is 11.9. The molecule has 1 fully saturated rings. The highest BCUT2D eigenvalue weighted by molar-refractivity contribution is 8.00. The number of amides is 1. The Morgan fingerprint density at radius 2 is 2.05 bits per heavy atom. The van der Waals surface area contributed by atoms with Crippen LogP contribution in [0, 0.1) is 5.82 Å². The van der Waals surface area contributed by atoms with Crippen molar-refractivity contribution in [1.29, 1.82) is 0 Å². The summed E-state index contributed by atoms with van der Waals surface area (Å²) >= 11 is 1.38. The van der Waals surface area contributed by atoms with Crippen LogP contribution in [-0.4, -0.2) is 29.1 Å². The van der Waals surface area contributed by atoms with Gasteiger partial charge < -0.3 is 10.6 Å². The Morgan fingerprint density at radius 1 is 1.37 bits per heavy atom. The smallest absolute Gasteiger partial charge is 0.235 e. The van der Waals surface area contributed by atoms with Crippen molar-refractivity contribution in [3.63, 3.8) is 0 Å². The van der Waals surface area contributed by atoms with Gasteiger partial charge in [0.2, 0.25) is 5.91 Å².